The van der Waals surface area contributed by atoms with Crippen molar-refractivity contribution in [2.24, 2.45) is 0 Å². The topological polar surface area (TPSA) is 106 Å². The summed E-state index contributed by atoms with van der Waals surface area (Å²) in [6.45, 7) is 5.21. The molecule has 5 rings (SSSR count). The Hall–Kier alpha value is -0.400. The molecule has 29 heavy (non-hydrogen) atoms. The van der Waals surface area contributed by atoms with E-state index in [1.807, 2.05) is 0 Å². The molecule has 4 unspecified atom stereocenters. The largest absolute Gasteiger partial charge is 0.376 e. The highest BCUT2D eigenvalue weighted by molar-refractivity contribution is 4.94. The molecular formula is C19H30O10. The Morgan fingerprint density at radius 1 is 0.621 bits per heavy atom. The summed E-state index contributed by atoms with van der Waals surface area (Å²) < 4.78 is 57.3. The zero-order valence-corrected chi connectivity index (χ0v) is 16.6. The Morgan fingerprint density at radius 3 is 1.62 bits per heavy atom. The van der Waals surface area contributed by atoms with Gasteiger partial charge in [-0.1, -0.05) is 0 Å². The third-order valence-electron chi connectivity index (χ3n) is 5.44. The molecule has 5 saturated heterocycles. The average molecular weight is 418 g/mol. The molecule has 0 aliphatic carbocycles. The normalized spacial score (nSPS) is 45.2. The fourth-order valence-corrected chi connectivity index (χ4v) is 3.40. The van der Waals surface area contributed by atoms with Crippen molar-refractivity contribution < 1.29 is 47.4 Å². The van der Waals surface area contributed by atoms with Crippen LogP contribution in [0.1, 0.15) is 0 Å². The van der Waals surface area contributed by atoms with E-state index in [2.05, 4.69) is 0 Å². The number of epoxide rings is 4. The van der Waals surface area contributed by atoms with Crippen LogP contribution in [0.2, 0.25) is 0 Å². The van der Waals surface area contributed by atoms with Gasteiger partial charge in [-0.3, -0.25) is 0 Å². The lowest BCUT2D eigenvalue weighted by Gasteiger charge is -2.45. The molecule has 0 spiro atoms. The molecule has 5 fully saturated rings. The standard InChI is InChI=1S/C19H30O10/c1-20-19-18(28-9-14-6-25-14)17(27-8-13-5-24-13)16(26-7-12-4-23-12)15(29-19)10-21-2-11-3-22-11/h11-19H,2-10H2,1H3/t11?,12?,13?,14?,15-,16-,17+,18-,19+/m1/s1. The van der Waals surface area contributed by atoms with Crippen molar-refractivity contribution in [2.75, 3.05) is 66.6 Å². The van der Waals surface area contributed by atoms with Gasteiger partial charge >= 0.3 is 0 Å². The minimum absolute atomic E-state index is 0.124. The lowest BCUT2D eigenvalue weighted by atomic mass is 9.98. The maximum atomic E-state index is 6.24. The predicted molar refractivity (Wildman–Crippen MR) is 94.7 cm³/mol. The summed E-state index contributed by atoms with van der Waals surface area (Å²) in [5.41, 5.74) is 0. The molecular weight excluding hydrogens is 388 g/mol. The van der Waals surface area contributed by atoms with Crippen LogP contribution in [0.4, 0.5) is 0 Å². The minimum Gasteiger partial charge on any atom is -0.376 e. The molecule has 0 bridgehead atoms. The van der Waals surface area contributed by atoms with Crippen LogP contribution in [0.15, 0.2) is 0 Å². The zero-order valence-electron chi connectivity index (χ0n) is 16.6. The van der Waals surface area contributed by atoms with Gasteiger partial charge < -0.3 is 47.4 Å². The number of rotatable bonds is 14. The second-order valence-corrected chi connectivity index (χ2v) is 8.03. The molecule has 10 nitrogen and oxygen atoms in total. The molecule has 0 aromatic heterocycles. The van der Waals surface area contributed by atoms with Crippen molar-refractivity contribution in [3.63, 3.8) is 0 Å². The molecule has 0 radical (unpaired) electrons. The van der Waals surface area contributed by atoms with Gasteiger partial charge in [-0.25, -0.2) is 0 Å². The average Bonchev–Trinajstić information content (AvgIpc) is 3.56. The van der Waals surface area contributed by atoms with Crippen LogP contribution in [0.25, 0.3) is 0 Å². The van der Waals surface area contributed by atoms with Crippen LogP contribution < -0.4 is 0 Å². The Kier molecular flexibility index (Phi) is 6.64. The predicted octanol–water partition coefficient (Wildman–Crippen LogP) is -0.875. The SMILES string of the molecule is CO[C@H]1O[C@H](COCC2CO2)[C@@H](OCC2CO2)[C@H](OCC2CO2)[C@H]1OCC1CO1. The van der Waals surface area contributed by atoms with Gasteiger partial charge in [0.05, 0.1) is 59.5 Å². The summed E-state index contributed by atoms with van der Waals surface area (Å²) in [6, 6.07) is 0. The number of hydrogen-bond donors (Lipinski definition) is 0. The van der Waals surface area contributed by atoms with E-state index in [9.17, 15) is 0 Å². The maximum Gasteiger partial charge on any atom is 0.186 e. The highest BCUT2D eigenvalue weighted by Gasteiger charge is 2.50. The monoisotopic (exact) mass is 418 g/mol. The van der Waals surface area contributed by atoms with E-state index in [0.29, 0.717) is 46.2 Å². The highest BCUT2D eigenvalue weighted by atomic mass is 16.7. The van der Waals surface area contributed by atoms with Crippen molar-refractivity contribution in [3.8, 4) is 0 Å². The molecule has 0 amide bonds. The van der Waals surface area contributed by atoms with E-state index in [0.717, 1.165) is 13.2 Å². The highest BCUT2D eigenvalue weighted by Crippen LogP contribution is 2.31. The third-order valence-corrected chi connectivity index (χ3v) is 5.44. The molecule has 10 heteroatoms. The van der Waals surface area contributed by atoms with Crippen molar-refractivity contribution in [1.82, 2.24) is 0 Å². The van der Waals surface area contributed by atoms with E-state index in [1.165, 1.54) is 0 Å². The fourth-order valence-electron chi connectivity index (χ4n) is 3.40. The van der Waals surface area contributed by atoms with Gasteiger partial charge in [-0.15, -0.1) is 0 Å². The third kappa shape index (κ3) is 6.07. The first-order valence-electron chi connectivity index (χ1n) is 10.4. The Balaban J connectivity index is 1.27. The van der Waals surface area contributed by atoms with Crippen LogP contribution in [0.3, 0.4) is 0 Å². The molecule has 5 aliphatic heterocycles. The van der Waals surface area contributed by atoms with Crippen LogP contribution in [0, 0.1) is 0 Å². The number of hydrogen-bond acceptors (Lipinski definition) is 10. The van der Waals surface area contributed by atoms with Crippen molar-refractivity contribution in [3.05, 3.63) is 0 Å². The van der Waals surface area contributed by atoms with E-state index in [1.54, 1.807) is 7.11 Å². The van der Waals surface area contributed by atoms with Crippen LogP contribution in [0.5, 0.6) is 0 Å². The number of methoxy groups -OCH3 is 1. The van der Waals surface area contributed by atoms with E-state index >= 15 is 0 Å². The van der Waals surface area contributed by atoms with E-state index < -0.39 is 12.4 Å². The first-order chi connectivity index (χ1) is 14.3. The summed E-state index contributed by atoms with van der Waals surface area (Å²) in [5.74, 6) is 0. The van der Waals surface area contributed by atoms with Gasteiger partial charge in [-0.05, 0) is 0 Å². The summed E-state index contributed by atoms with van der Waals surface area (Å²) in [4.78, 5) is 0. The second kappa shape index (κ2) is 9.39. The van der Waals surface area contributed by atoms with Crippen molar-refractivity contribution >= 4 is 0 Å². The lowest BCUT2D eigenvalue weighted by molar-refractivity contribution is -0.319. The Morgan fingerprint density at radius 2 is 1.10 bits per heavy atom. The van der Waals surface area contributed by atoms with E-state index in [4.69, 9.17) is 47.4 Å². The van der Waals surface area contributed by atoms with Gasteiger partial charge in [0.25, 0.3) is 0 Å². The molecule has 0 N–H and O–H groups in total. The number of ether oxygens (including phenoxy) is 10. The Bertz CT molecular complexity index is 519. The molecule has 9 atom stereocenters. The van der Waals surface area contributed by atoms with Crippen LogP contribution in [-0.4, -0.2) is 122 Å². The minimum atomic E-state index is -0.596. The molecule has 0 aromatic carbocycles. The Labute approximate surface area is 169 Å². The summed E-state index contributed by atoms with van der Waals surface area (Å²) >= 11 is 0. The van der Waals surface area contributed by atoms with Gasteiger partial charge in [0.2, 0.25) is 0 Å². The van der Waals surface area contributed by atoms with Crippen molar-refractivity contribution in [2.45, 2.75) is 55.1 Å². The van der Waals surface area contributed by atoms with Gasteiger partial charge in [0, 0.05) is 7.11 Å². The molecule has 166 valence electrons. The molecule has 5 heterocycles. The lowest BCUT2D eigenvalue weighted by Crippen LogP contribution is -2.62. The molecule has 0 saturated carbocycles. The first kappa shape index (κ1) is 20.5. The summed E-state index contributed by atoms with van der Waals surface area (Å²) in [5, 5.41) is 0. The quantitative estimate of drug-likeness (QED) is 0.330. The molecule has 5 aliphatic rings. The summed E-state index contributed by atoms with van der Waals surface area (Å²) in [7, 11) is 1.60. The van der Waals surface area contributed by atoms with Crippen LogP contribution in [-0.2, 0) is 47.4 Å². The second-order valence-electron chi connectivity index (χ2n) is 8.03. The fraction of sp³-hybridized carbons (Fsp3) is 1.00. The summed E-state index contributed by atoms with van der Waals surface area (Å²) in [6.07, 6.45) is -1.61. The van der Waals surface area contributed by atoms with E-state index in [-0.39, 0.29) is 42.7 Å². The first-order valence-corrected chi connectivity index (χ1v) is 10.4. The maximum absolute atomic E-state index is 6.24. The smallest absolute Gasteiger partial charge is 0.186 e. The van der Waals surface area contributed by atoms with Gasteiger partial charge in [0.1, 0.15) is 48.8 Å². The van der Waals surface area contributed by atoms with Crippen molar-refractivity contribution in [1.29, 1.82) is 0 Å². The molecule has 0 aromatic rings. The van der Waals surface area contributed by atoms with Crippen LogP contribution >= 0.6 is 0 Å². The van der Waals surface area contributed by atoms with Gasteiger partial charge in [0.15, 0.2) is 6.29 Å². The van der Waals surface area contributed by atoms with Gasteiger partial charge in [-0.2, -0.15) is 0 Å². The zero-order chi connectivity index (χ0) is 19.6.